The molecule has 0 saturated carbocycles. The number of carbonyl (C=O) groups excluding carboxylic acids is 1. The van der Waals surface area contributed by atoms with E-state index in [2.05, 4.69) is 0 Å². The Hall–Kier alpha value is -0.620. The largest absolute Gasteiger partial charge is 0.369 e. The van der Waals surface area contributed by atoms with E-state index < -0.39 is 15.7 Å². The SMILES string of the molecule is NC(=O)CN1CCCS(=O)(=O)CC1. The average molecular weight is 206 g/mol. The van der Waals surface area contributed by atoms with E-state index in [9.17, 15) is 13.2 Å². The van der Waals surface area contributed by atoms with Crippen LogP contribution in [0.15, 0.2) is 0 Å². The second-order valence-electron chi connectivity index (χ2n) is 3.25. The summed E-state index contributed by atoms with van der Waals surface area (Å²) in [6.45, 7) is 1.23. The summed E-state index contributed by atoms with van der Waals surface area (Å²) in [5, 5.41) is 0. The topological polar surface area (TPSA) is 80.5 Å². The van der Waals surface area contributed by atoms with E-state index in [0.29, 0.717) is 19.5 Å². The fraction of sp³-hybridized carbons (Fsp3) is 0.857. The quantitative estimate of drug-likeness (QED) is 0.602. The van der Waals surface area contributed by atoms with Gasteiger partial charge in [-0.05, 0) is 13.0 Å². The van der Waals surface area contributed by atoms with E-state index in [1.54, 1.807) is 4.90 Å². The number of hydrogen-bond donors (Lipinski definition) is 1. The molecule has 2 N–H and O–H groups in total. The predicted molar refractivity (Wildman–Crippen MR) is 48.9 cm³/mol. The minimum Gasteiger partial charge on any atom is -0.369 e. The molecular formula is C7H14N2O3S. The maximum absolute atomic E-state index is 11.2. The molecule has 5 nitrogen and oxygen atoms in total. The maximum Gasteiger partial charge on any atom is 0.231 e. The third kappa shape index (κ3) is 3.73. The Morgan fingerprint density at radius 3 is 2.62 bits per heavy atom. The van der Waals surface area contributed by atoms with Crippen molar-refractivity contribution in [1.29, 1.82) is 0 Å². The van der Waals surface area contributed by atoms with E-state index in [-0.39, 0.29) is 18.1 Å². The van der Waals surface area contributed by atoms with Crippen LogP contribution in [0, 0.1) is 0 Å². The molecule has 0 bridgehead atoms. The Bertz CT molecular complexity index is 286. The Morgan fingerprint density at radius 2 is 2.00 bits per heavy atom. The Kier molecular flexibility index (Phi) is 3.27. The van der Waals surface area contributed by atoms with Crippen molar-refractivity contribution in [1.82, 2.24) is 4.90 Å². The highest BCUT2D eigenvalue weighted by Gasteiger charge is 2.19. The van der Waals surface area contributed by atoms with Crippen molar-refractivity contribution in [3.8, 4) is 0 Å². The smallest absolute Gasteiger partial charge is 0.231 e. The zero-order valence-electron chi connectivity index (χ0n) is 7.40. The van der Waals surface area contributed by atoms with Gasteiger partial charge in [-0.2, -0.15) is 0 Å². The third-order valence-corrected chi connectivity index (χ3v) is 3.74. The zero-order valence-corrected chi connectivity index (χ0v) is 8.22. The molecule has 1 fully saturated rings. The number of nitrogens with two attached hydrogens (primary N) is 1. The lowest BCUT2D eigenvalue weighted by Gasteiger charge is -2.16. The molecule has 0 radical (unpaired) electrons. The van der Waals surface area contributed by atoms with Crippen LogP contribution in [0.4, 0.5) is 0 Å². The van der Waals surface area contributed by atoms with Crippen LogP contribution >= 0.6 is 0 Å². The van der Waals surface area contributed by atoms with E-state index in [0.717, 1.165) is 0 Å². The summed E-state index contributed by atoms with van der Waals surface area (Å²) in [6, 6.07) is 0. The van der Waals surface area contributed by atoms with Gasteiger partial charge in [-0.1, -0.05) is 0 Å². The molecule has 1 rings (SSSR count). The number of sulfone groups is 1. The lowest BCUT2D eigenvalue weighted by atomic mass is 10.4. The van der Waals surface area contributed by atoms with E-state index in [1.807, 2.05) is 0 Å². The van der Waals surface area contributed by atoms with Gasteiger partial charge in [-0.3, -0.25) is 9.69 Å². The van der Waals surface area contributed by atoms with E-state index in [1.165, 1.54) is 0 Å². The first-order chi connectivity index (χ1) is 5.99. The molecule has 6 heteroatoms. The average Bonchev–Trinajstić information content (AvgIpc) is 2.12. The molecule has 76 valence electrons. The van der Waals surface area contributed by atoms with Gasteiger partial charge in [0.25, 0.3) is 0 Å². The minimum absolute atomic E-state index is 0.139. The summed E-state index contributed by atoms with van der Waals surface area (Å²) in [4.78, 5) is 12.4. The van der Waals surface area contributed by atoms with Crippen LogP contribution in [0.25, 0.3) is 0 Å². The Balaban J connectivity index is 2.50. The van der Waals surface area contributed by atoms with Crippen LogP contribution in [0.2, 0.25) is 0 Å². The van der Waals surface area contributed by atoms with Gasteiger partial charge in [-0.25, -0.2) is 8.42 Å². The van der Waals surface area contributed by atoms with Crippen molar-refractivity contribution >= 4 is 15.7 Å². The molecule has 1 aliphatic heterocycles. The number of hydrogen-bond acceptors (Lipinski definition) is 4. The van der Waals surface area contributed by atoms with Crippen LogP contribution in [0.5, 0.6) is 0 Å². The summed E-state index contributed by atoms with van der Waals surface area (Å²) in [5.74, 6) is -0.0398. The molecule has 0 aromatic heterocycles. The summed E-state index contributed by atoms with van der Waals surface area (Å²) in [7, 11) is -2.88. The number of rotatable bonds is 2. The lowest BCUT2D eigenvalue weighted by molar-refractivity contribution is -0.119. The van der Waals surface area contributed by atoms with Crippen molar-refractivity contribution < 1.29 is 13.2 Å². The molecule has 0 spiro atoms. The fourth-order valence-corrected chi connectivity index (χ4v) is 2.68. The molecule has 1 heterocycles. The van der Waals surface area contributed by atoms with Gasteiger partial charge in [0.15, 0.2) is 9.84 Å². The standard InChI is InChI=1S/C7H14N2O3S/c8-7(10)6-9-2-1-4-13(11,12)5-3-9/h1-6H2,(H2,8,10). The number of nitrogens with zero attached hydrogens (tertiary/aromatic N) is 1. The molecule has 1 saturated heterocycles. The molecule has 1 amide bonds. The summed E-state index contributed by atoms with van der Waals surface area (Å²) in [6.07, 6.45) is 0.593. The summed E-state index contributed by atoms with van der Waals surface area (Å²) in [5.41, 5.74) is 5.01. The van der Waals surface area contributed by atoms with Crippen molar-refractivity contribution in [2.45, 2.75) is 6.42 Å². The molecule has 0 aliphatic carbocycles. The van der Waals surface area contributed by atoms with Gasteiger partial charge in [0, 0.05) is 6.54 Å². The van der Waals surface area contributed by atoms with Crippen LogP contribution in [-0.4, -0.2) is 50.4 Å². The second kappa shape index (κ2) is 4.06. The van der Waals surface area contributed by atoms with Crippen LogP contribution in [-0.2, 0) is 14.6 Å². The molecule has 13 heavy (non-hydrogen) atoms. The molecular weight excluding hydrogens is 192 g/mol. The number of carbonyl (C=O) groups is 1. The minimum atomic E-state index is -2.88. The monoisotopic (exact) mass is 206 g/mol. The van der Waals surface area contributed by atoms with Crippen molar-refractivity contribution in [3.05, 3.63) is 0 Å². The Morgan fingerprint density at radius 1 is 1.31 bits per heavy atom. The highest BCUT2D eigenvalue weighted by Crippen LogP contribution is 2.03. The van der Waals surface area contributed by atoms with Gasteiger partial charge in [0.2, 0.25) is 5.91 Å². The van der Waals surface area contributed by atoms with Crippen LogP contribution < -0.4 is 5.73 Å². The van der Waals surface area contributed by atoms with E-state index in [4.69, 9.17) is 5.73 Å². The first-order valence-electron chi connectivity index (χ1n) is 4.21. The fourth-order valence-electron chi connectivity index (χ4n) is 1.37. The zero-order chi connectivity index (χ0) is 9.90. The van der Waals surface area contributed by atoms with Gasteiger partial charge < -0.3 is 5.73 Å². The van der Waals surface area contributed by atoms with Crippen molar-refractivity contribution in [3.63, 3.8) is 0 Å². The first kappa shape index (κ1) is 10.5. The summed E-state index contributed by atoms with van der Waals surface area (Å²) >= 11 is 0. The highest BCUT2D eigenvalue weighted by molar-refractivity contribution is 7.91. The number of amides is 1. The lowest BCUT2D eigenvalue weighted by Crippen LogP contribution is -2.35. The first-order valence-corrected chi connectivity index (χ1v) is 6.03. The molecule has 0 atom stereocenters. The van der Waals surface area contributed by atoms with Gasteiger partial charge in [-0.15, -0.1) is 0 Å². The van der Waals surface area contributed by atoms with Gasteiger partial charge >= 0.3 is 0 Å². The van der Waals surface area contributed by atoms with Crippen molar-refractivity contribution in [2.24, 2.45) is 5.73 Å². The molecule has 1 aliphatic rings. The Labute approximate surface area is 77.8 Å². The van der Waals surface area contributed by atoms with Gasteiger partial charge in [0.05, 0.1) is 18.1 Å². The highest BCUT2D eigenvalue weighted by atomic mass is 32.2. The predicted octanol–water partition coefficient (Wildman–Crippen LogP) is -1.41. The second-order valence-corrected chi connectivity index (χ2v) is 5.55. The maximum atomic E-state index is 11.2. The summed E-state index contributed by atoms with van der Waals surface area (Å²) < 4.78 is 22.3. The number of primary amides is 1. The molecule has 0 aromatic carbocycles. The molecule has 0 aromatic rings. The van der Waals surface area contributed by atoms with Crippen LogP contribution in [0.3, 0.4) is 0 Å². The third-order valence-electron chi connectivity index (χ3n) is 2.03. The molecule has 0 unspecified atom stereocenters. The normalized spacial score (nSPS) is 23.7. The van der Waals surface area contributed by atoms with E-state index >= 15 is 0 Å². The van der Waals surface area contributed by atoms with Crippen LogP contribution in [0.1, 0.15) is 6.42 Å². The van der Waals surface area contributed by atoms with Gasteiger partial charge in [0.1, 0.15) is 0 Å². The van der Waals surface area contributed by atoms with Crippen molar-refractivity contribution in [2.75, 3.05) is 31.1 Å².